The molecular weight excluding hydrogens is 352 g/mol. The number of carbonyl (C=O) groups excluding carboxylic acids is 1. The fraction of sp³-hybridized carbons (Fsp3) is 0.421. The summed E-state index contributed by atoms with van der Waals surface area (Å²) in [5, 5.41) is 0. The molecule has 1 aromatic heterocycles. The summed E-state index contributed by atoms with van der Waals surface area (Å²) in [4.78, 5) is 24.7. The van der Waals surface area contributed by atoms with E-state index in [0.717, 1.165) is 24.6 Å². The highest BCUT2D eigenvalue weighted by molar-refractivity contribution is 5.76. The number of nitrogens with two attached hydrogens (primary N) is 1. The second-order valence-corrected chi connectivity index (χ2v) is 6.83. The third kappa shape index (κ3) is 4.97. The van der Waals surface area contributed by atoms with Crippen LogP contribution in [-0.2, 0) is 17.8 Å². The summed E-state index contributed by atoms with van der Waals surface area (Å²) >= 11 is 0. The first-order valence-corrected chi connectivity index (χ1v) is 8.91. The van der Waals surface area contributed by atoms with E-state index in [4.69, 9.17) is 5.73 Å². The van der Waals surface area contributed by atoms with Crippen molar-refractivity contribution in [1.82, 2.24) is 19.8 Å². The van der Waals surface area contributed by atoms with E-state index in [9.17, 15) is 13.6 Å². The van der Waals surface area contributed by atoms with Crippen LogP contribution in [-0.4, -0.2) is 51.9 Å². The van der Waals surface area contributed by atoms with Crippen LogP contribution in [0.15, 0.2) is 30.5 Å². The number of aryl methyl sites for hydroxylation is 1. The number of benzene rings is 1. The number of halogens is 2. The van der Waals surface area contributed by atoms with E-state index in [1.165, 1.54) is 0 Å². The molecule has 1 saturated heterocycles. The Labute approximate surface area is 157 Å². The largest absolute Gasteiger partial charge is 0.384 e. The maximum absolute atomic E-state index is 13.7. The Morgan fingerprint density at radius 1 is 1.37 bits per heavy atom. The van der Waals surface area contributed by atoms with E-state index in [1.807, 2.05) is 7.05 Å². The van der Waals surface area contributed by atoms with Crippen molar-refractivity contribution < 1.29 is 13.6 Å². The number of amides is 1. The van der Waals surface area contributed by atoms with Gasteiger partial charge in [-0.15, -0.1) is 0 Å². The number of nitrogens with zero attached hydrogens (tertiary/aromatic N) is 4. The molecule has 1 aromatic carbocycles. The molecule has 1 fully saturated rings. The number of aromatic nitrogens is 2. The van der Waals surface area contributed by atoms with Crippen molar-refractivity contribution in [3.63, 3.8) is 0 Å². The van der Waals surface area contributed by atoms with Crippen LogP contribution in [0.25, 0.3) is 0 Å². The number of likely N-dealkylation sites (tertiary alicyclic amines) is 1. The molecule has 1 amide bonds. The van der Waals surface area contributed by atoms with Crippen molar-refractivity contribution in [1.29, 1.82) is 0 Å². The lowest BCUT2D eigenvalue weighted by Gasteiger charge is -2.24. The summed E-state index contributed by atoms with van der Waals surface area (Å²) in [5.74, 6) is 0.0515. The highest BCUT2D eigenvalue weighted by atomic mass is 19.1. The summed E-state index contributed by atoms with van der Waals surface area (Å²) in [6, 6.07) is 5.15. The topological polar surface area (TPSA) is 75.4 Å². The zero-order valence-electron chi connectivity index (χ0n) is 15.2. The van der Waals surface area contributed by atoms with Gasteiger partial charge in [0, 0.05) is 31.7 Å². The van der Waals surface area contributed by atoms with Gasteiger partial charge < -0.3 is 10.6 Å². The number of nitrogen functional groups attached to an aromatic ring is 1. The van der Waals surface area contributed by atoms with Gasteiger partial charge in [-0.2, -0.15) is 0 Å². The van der Waals surface area contributed by atoms with Crippen molar-refractivity contribution in [2.24, 2.45) is 0 Å². The Morgan fingerprint density at radius 2 is 2.19 bits per heavy atom. The van der Waals surface area contributed by atoms with E-state index in [0.29, 0.717) is 31.3 Å². The minimum absolute atomic E-state index is 0.0465. The fourth-order valence-electron chi connectivity index (χ4n) is 3.31. The summed E-state index contributed by atoms with van der Waals surface area (Å²) in [6.45, 7) is 1.80. The van der Waals surface area contributed by atoms with Crippen molar-refractivity contribution in [3.05, 3.63) is 53.5 Å². The first-order valence-electron chi connectivity index (χ1n) is 8.91. The Kier molecular flexibility index (Phi) is 5.95. The Balaban J connectivity index is 1.51. The van der Waals surface area contributed by atoms with Gasteiger partial charge in [0.15, 0.2) is 0 Å². The third-order valence-corrected chi connectivity index (χ3v) is 4.87. The van der Waals surface area contributed by atoms with Crippen LogP contribution in [0.5, 0.6) is 0 Å². The fourth-order valence-corrected chi connectivity index (χ4v) is 3.31. The number of anilines is 1. The SMILES string of the molecule is CN(Cc1nccc(N)n1)[C@H]1CCN(C(=O)CCc2cc(F)ccc2F)C1. The van der Waals surface area contributed by atoms with E-state index < -0.39 is 11.6 Å². The summed E-state index contributed by atoms with van der Waals surface area (Å²) in [5.41, 5.74) is 5.91. The third-order valence-electron chi connectivity index (χ3n) is 4.87. The smallest absolute Gasteiger partial charge is 0.222 e. The molecule has 27 heavy (non-hydrogen) atoms. The minimum atomic E-state index is -0.495. The summed E-state index contributed by atoms with van der Waals surface area (Å²) in [6.07, 6.45) is 2.83. The first-order chi connectivity index (χ1) is 12.9. The summed E-state index contributed by atoms with van der Waals surface area (Å²) in [7, 11) is 1.97. The Hall–Kier alpha value is -2.61. The van der Waals surface area contributed by atoms with Crippen LogP contribution in [0, 0.1) is 11.6 Å². The monoisotopic (exact) mass is 375 g/mol. The molecule has 144 valence electrons. The zero-order valence-corrected chi connectivity index (χ0v) is 15.2. The average Bonchev–Trinajstić information content (AvgIpc) is 3.12. The van der Waals surface area contributed by atoms with Gasteiger partial charge in [0.1, 0.15) is 23.3 Å². The van der Waals surface area contributed by atoms with Gasteiger partial charge in [-0.1, -0.05) is 0 Å². The van der Waals surface area contributed by atoms with E-state index in [2.05, 4.69) is 14.9 Å². The first kappa shape index (κ1) is 19.2. The minimum Gasteiger partial charge on any atom is -0.384 e. The number of hydrogen-bond acceptors (Lipinski definition) is 5. The maximum Gasteiger partial charge on any atom is 0.222 e. The van der Waals surface area contributed by atoms with E-state index in [1.54, 1.807) is 17.2 Å². The van der Waals surface area contributed by atoms with Crippen molar-refractivity contribution in [2.45, 2.75) is 31.8 Å². The van der Waals surface area contributed by atoms with Gasteiger partial charge in [-0.3, -0.25) is 9.69 Å². The molecular formula is C19H23F2N5O. The molecule has 8 heteroatoms. The highest BCUT2D eigenvalue weighted by Crippen LogP contribution is 2.18. The number of carbonyl (C=O) groups is 1. The lowest BCUT2D eigenvalue weighted by atomic mass is 10.1. The van der Waals surface area contributed by atoms with E-state index >= 15 is 0 Å². The zero-order chi connectivity index (χ0) is 19.4. The van der Waals surface area contributed by atoms with Crippen LogP contribution in [0.1, 0.15) is 24.2 Å². The molecule has 3 rings (SSSR count). The van der Waals surface area contributed by atoms with Crippen molar-refractivity contribution in [2.75, 3.05) is 25.9 Å². The molecule has 1 aliphatic heterocycles. The van der Waals surface area contributed by atoms with Gasteiger partial charge in [-0.25, -0.2) is 18.7 Å². The molecule has 2 aromatic rings. The van der Waals surface area contributed by atoms with Crippen LogP contribution in [0.3, 0.4) is 0 Å². The van der Waals surface area contributed by atoms with Crippen LogP contribution < -0.4 is 5.73 Å². The van der Waals surface area contributed by atoms with Gasteiger partial charge >= 0.3 is 0 Å². The van der Waals surface area contributed by atoms with Crippen molar-refractivity contribution in [3.8, 4) is 0 Å². The molecule has 1 atom stereocenters. The van der Waals surface area contributed by atoms with Gasteiger partial charge in [-0.05, 0) is 49.7 Å². The molecule has 0 bridgehead atoms. The molecule has 2 heterocycles. The molecule has 0 saturated carbocycles. The van der Waals surface area contributed by atoms with Crippen molar-refractivity contribution >= 4 is 11.7 Å². The Morgan fingerprint density at radius 3 is 2.96 bits per heavy atom. The average molecular weight is 375 g/mol. The molecule has 0 aliphatic carbocycles. The molecule has 1 aliphatic rings. The molecule has 0 spiro atoms. The number of hydrogen-bond donors (Lipinski definition) is 1. The van der Waals surface area contributed by atoms with Gasteiger partial charge in [0.2, 0.25) is 5.91 Å². The number of likely N-dealkylation sites (N-methyl/N-ethyl adjacent to an activating group) is 1. The normalized spacial score (nSPS) is 16.9. The second kappa shape index (κ2) is 8.39. The standard InChI is InChI=1S/C19H23F2N5O/c1-25(12-18-23-8-6-17(22)24-18)15-7-9-26(11-15)19(27)5-2-13-10-14(20)3-4-16(13)21/h3-4,6,8,10,15H,2,5,7,9,11-12H2,1H3,(H2,22,23,24)/t15-/m0/s1. The van der Waals surface area contributed by atoms with Gasteiger partial charge in [0.25, 0.3) is 0 Å². The molecule has 6 nitrogen and oxygen atoms in total. The van der Waals surface area contributed by atoms with E-state index in [-0.39, 0.29) is 30.4 Å². The Bertz CT molecular complexity index is 816. The second-order valence-electron chi connectivity index (χ2n) is 6.83. The number of rotatable bonds is 6. The maximum atomic E-state index is 13.7. The molecule has 2 N–H and O–H groups in total. The van der Waals surface area contributed by atoms with Crippen LogP contribution in [0.4, 0.5) is 14.6 Å². The van der Waals surface area contributed by atoms with Crippen LogP contribution in [0.2, 0.25) is 0 Å². The highest BCUT2D eigenvalue weighted by Gasteiger charge is 2.29. The van der Waals surface area contributed by atoms with Crippen LogP contribution >= 0.6 is 0 Å². The predicted octanol–water partition coefficient (Wildman–Crippen LogP) is 2.00. The molecule has 0 unspecified atom stereocenters. The predicted molar refractivity (Wildman–Crippen MR) is 97.6 cm³/mol. The lowest BCUT2D eigenvalue weighted by Crippen LogP contribution is -2.36. The quantitative estimate of drug-likeness (QED) is 0.836. The lowest BCUT2D eigenvalue weighted by molar-refractivity contribution is -0.130. The molecule has 0 radical (unpaired) electrons. The van der Waals surface area contributed by atoms with Gasteiger partial charge in [0.05, 0.1) is 6.54 Å². The summed E-state index contributed by atoms with van der Waals surface area (Å²) < 4.78 is 26.9.